The van der Waals surface area contributed by atoms with Crippen molar-refractivity contribution in [2.45, 2.75) is 31.0 Å². The molecule has 0 unspecified atom stereocenters. The first kappa shape index (κ1) is 13.9. The van der Waals surface area contributed by atoms with Crippen LogP contribution in [0.1, 0.15) is 0 Å². The molecule has 1 aliphatic rings. The van der Waals surface area contributed by atoms with E-state index in [4.69, 9.17) is 15.1 Å². The minimum absolute atomic E-state index is 0.00223. The van der Waals surface area contributed by atoms with E-state index in [2.05, 4.69) is 4.98 Å². The quantitative estimate of drug-likeness (QED) is 0.380. The number of aliphatic hydroxyl groups excluding tert-OH is 3. The van der Waals surface area contributed by atoms with E-state index < -0.39 is 36.7 Å². The molecule has 19 heavy (non-hydrogen) atoms. The topological polar surface area (TPSA) is 137 Å². The van der Waals surface area contributed by atoms with Gasteiger partial charge in [-0.15, -0.1) is 0 Å². The van der Waals surface area contributed by atoms with Gasteiger partial charge in [0.2, 0.25) is 0 Å². The van der Waals surface area contributed by atoms with Gasteiger partial charge in [0.15, 0.2) is 5.82 Å². The molecule has 0 aliphatic carbocycles. The molecule has 9 heteroatoms. The van der Waals surface area contributed by atoms with Gasteiger partial charge in [-0.25, -0.2) is 4.79 Å². The average molecular weight is 273 g/mol. The second kappa shape index (κ2) is 5.63. The summed E-state index contributed by atoms with van der Waals surface area (Å²) in [6, 6.07) is 1.36. The lowest BCUT2D eigenvalue weighted by Crippen LogP contribution is -2.37. The van der Waals surface area contributed by atoms with Crippen LogP contribution in [0.2, 0.25) is 0 Å². The Hall–Kier alpha value is -1.52. The van der Waals surface area contributed by atoms with Crippen LogP contribution in [0.5, 0.6) is 0 Å². The third-order valence-electron chi connectivity index (χ3n) is 3.01. The molecule has 1 aromatic rings. The van der Waals surface area contributed by atoms with Crippen molar-refractivity contribution in [3.63, 3.8) is 0 Å². The van der Waals surface area contributed by atoms with E-state index in [1.807, 2.05) is 0 Å². The zero-order valence-electron chi connectivity index (χ0n) is 9.88. The summed E-state index contributed by atoms with van der Waals surface area (Å²) in [5.74, 6) is 0.00223. The number of aromatic nitrogens is 2. The van der Waals surface area contributed by atoms with E-state index >= 15 is 0 Å². The molecule has 0 spiro atoms. The Kier molecular flexibility index (Phi) is 4.12. The van der Waals surface area contributed by atoms with Gasteiger partial charge < -0.3 is 20.1 Å². The summed E-state index contributed by atoms with van der Waals surface area (Å²) < 4.78 is 6.42. The molecule has 1 aliphatic heterocycles. The summed E-state index contributed by atoms with van der Waals surface area (Å²) >= 11 is 0. The summed E-state index contributed by atoms with van der Waals surface area (Å²) in [7, 11) is 0. The van der Waals surface area contributed by atoms with E-state index in [1.165, 1.54) is 16.8 Å². The van der Waals surface area contributed by atoms with Gasteiger partial charge in [0.05, 0.1) is 13.2 Å². The smallest absolute Gasteiger partial charge is 0.349 e. The fraction of sp³-hybridized carbons (Fsp3) is 0.600. The highest BCUT2D eigenvalue weighted by Gasteiger charge is 2.42. The Balaban J connectivity index is 2.12. The molecule has 0 bridgehead atoms. The first-order valence-electron chi connectivity index (χ1n) is 5.67. The van der Waals surface area contributed by atoms with Gasteiger partial charge in [0.1, 0.15) is 24.4 Å². The fourth-order valence-corrected chi connectivity index (χ4v) is 1.95. The number of hydrogen-bond acceptors (Lipinski definition) is 8. The second-order valence-corrected chi connectivity index (χ2v) is 4.24. The van der Waals surface area contributed by atoms with Crippen LogP contribution in [0.25, 0.3) is 0 Å². The van der Waals surface area contributed by atoms with Crippen molar-refractivity contribution in [2.24, 2.45) is 0 Å². The van der Waals surface area contributed by atoms with Gasteiger partial charge in [-0.2, -0.15) is 4.98 Å². The molecule has 2 heterocycles. The van der Waals surface area contributed by atoms with Crippen molar-refractivity contribution in [3.05, 3.63) is 22.7 Å². The number of nitrogens with zero attached hydrogens (tertiary/aromatic N) is 2. The van der Waals surface area contributed by atoms with Crippen LogP contribution in [-0.2, 0) is 11.3 Å². The summed E-state index contributed by atoms with van der Waals surface area (Å²) in [6.45, 7) is -0.443. The largest absolute Gasteiger partial charge is 0.394 e. The summed E-state index contributed by atoms with van der Waals surface area (Å²) in [4.78, 5) is 15.1. The molecule has 0 amide bonds. The average Bonchev–Trinajstić information content (AvgIpc) is 2.68. The molecule has 0 saturated carbocycles. The van der Waals surface area contributed by atoms with Crippen LogP contribution in [-0.4, -0.2) is 61.1 Å². The predicted octanol–water partition coefficient (Wildman–Crippen LogP) is -2.47. The van der Waals surface area contributed by atoms with Gasteiger partial charge in [-0.1, -0.05) is 0 Å². The Bertz CT molecular complexity index is 492. The number of aliphatic hydroxyl groups is 3. The Morgan fingerprint density at radius 1 is 1.37 bits per heavy atom. The number of rotatable bonds is 4. The van der Waals surface area contributed by atoms with Crippen molar-refractivity contribution in [3.8, 4) is 0 Å². The van der Waals surface area contributed by atoms with Crippen molar-refractivity contribution >= 4 is 5.82 Å². The van der Waals surface area contributed by atoms with Gasteiger partial charge in [-0.05, 0) is 6.07 Å². The highest BCUT2D eigenvalue weighted by Crippen LogP contribution is 2.21. The maximum Gasteiger partial charge on any atom is 0.349 e. The molecule has 5 N–H and O–H groups in total. The van der Waals surface area contributed by atoms with Crippen molar-refractivity contribution < 1.29 is 25.3 Å². The van der Waals surface area contributed by atoms with Crippen LogP contribution >= 0.6 is 0 Å². The molecule has 1 fully saturated rings. The number of anilines is 1. The van der Waals surface area contributed by atoms with E-state index in [9.17, 15) is 15.0 Å². The Morgan fingerprint density at radius 2 is 2.05 bits per heavy atom. The summed E-state index contributed by atoms with van der Waals surface area (Å²) in [5, 5.41) is 36.9. The van der Waals surface area contributed by atoms with Crippen LogP contribution in [0.4, 0.5) is 5.82 Å². The summed E-state index contributed by atoms with van der Waals surface area (Å²) in [5.41, 5.74) is 1.10. The monoisotopic (exact) mass is 273 g/mol. The second-order valence-electron chi connectivity index (χ2n) is 4.24. The van der Waals surface area contributed by atoms with Crippen LogP contribution in [0.3, 0.4) is 0 Å². The number of nitrogens with one attached hydrogen (secondary N) is 1. The summed E-state index contributed by atoms with van der Waals surface area (Å²) in [6.07, 6.45) is -2.72. The third-order valence-corrected chi connectivity index (χ3v) is 3.01. The molecule has 4 atom stereocenters. The lowest BCUT2D eigenvalue weighted by molar-refractivity contribution is -0.0269. The lowest BCUT2D eigenvalue weighted by Gasteiger charge is -2.15. The highest BCUT2D eigenvalue weighted by atomic mass is 16.6. The van der Waals surface area contributed by atoms with Gasteiger partial charge >= 0.3 is 5.69 Å². The molecule has 0 radical (unpaired) electrons. The molecular formula is C10H15N3O6. The van der Waals surface area contributed by atoms with Crippen LogP contribution in [0, 0.1) is 0 Å². The number of ether oxygens (including phenoxy) is 1. The molecule has 9 nitrogen and oxygen atoms in total. The minimum Gasteiger partial charge on any atom is -0.394 e. The Labute approximate surface area is 107 Å². The van der Waals surface area contributed by atoms with Crippen LogP contribution < -0.4 is 11.2 Å². The standard InChI is InChI=1S/C10H15N3O6/c14-4-6-9(16)8(15)5(19-6)3-13-2-1-7(12-18)11-10(13)17/h1-2,5-6,8-9,14-16,18H,3-4H2,(H,11,12,17)/t5-,6+,8-,9+/m0/s1. The van der Waals surface area contributed by atoms with E-state index in [1.54, 1.807) is 5.48 Å². The SMILES string of the molecule is O=c1nc(NO)ccn1C[C@@H]1O[C@H](CO)[C@@H](O)[C@H]1O. The number of hydrogen-bond donors (Lipinski definition) is 5. The zero-order valence-corrected chi connectivity index (χ0v) is 9.88. The normalized spacial score (nSPS) is 30.5. The van der Waals surface area contributed by atoms with E-state index in [0.29, 0.717) is 0 Å². The fourth-order valence-electron chi connectivity index (χ4n) is 1.95. The van der Waals surface area contributed by atoms with E-state index in [0.717, 1.165) is 0 Å². The molecule has 106 valence electrons. The van der Waals surface area contributed by atoms with Crippen molar-refractivity contribution in [1.29, 1.82) is 0 Å². The highest BCUT2D eigenvalue weighted by molar-refractivity contribution is 5.27. The van der Waals surface area contributed by atoms with Gasteiger partial charge in [0, 0.05) is 6.20 Å². The maximum absolute atomic E-state index is 11.6. The molecule has 1 saturated heterocycles. The minimum atomic E-state index is -1.20. The Morgan fingerprint density at radius 3 is 2.58 bits per heavy atom. The van der Waals surface area contributed by atoms with Crippen molar-refractivity contribution in [2.75, 3.05) is 12.1 Å². The first-order chi connectivity index (χ1) is 9.06. The molecule has 0 aromatic carbocycles. The molecular weight excluding hydrogens is 258 g/mol. The van der Waals surface area contributed by atoms with Gasteiger partial charge in [-0.3, -0.25) is 15.3 Å². The third kappa shape index (κ3) is 2.74. The van der Waals surface area contributed by atoms with E-state index in [-0.39, 0.29) is 12.4 Å². The maximum atomic E-state index is 11.6. The first-order valence-corrected chi connectivity index (χ1v) is 5.67. The lowest BCUT2D eigenvalue weighted by atomic mass is 10.1. The molecule has 1 aromatic heterocycles. The van der Waals surface area contributed by atoms with Crippen LogP contribution in [0.15, 0.2) is 17.1 Å². The van der Waals surface area contributed by atoms with Gasteiger partial charge in [0.25, 0.3) is 0 Å². The molecule has 2 rings (SSSR count). The zero-order chi connectivity index (χ0) is 14.0. The predicted molar refractivity (Wildman–Crippen MR) is 61.7 cm³/mol. The van der Waals surface area contributed by atoms with Crippen molar-refractivity contribution in [1.82, 2.24) is 9.55 Å².